The molecule has 1 unspecified atom stereocenters. The SMILES string of the molecule is COc1cc(C(=O)NC(C)c2cc3cccc(OC)c3o2)c([N+](=O)[O-])cc1OC. The van der Waals surface area contributed by atoms with Gasteiger partial charge in [0.05, 0.1) is 38.4 Å². The predicted octanol–water partition coefficient (Wildman–Crippen LogP) is 3.86. The first kappa shape index (κ1) is 20.0. The summed E-state index contributed by atoms with van der Waals surface area (Å²) in [5, 5.41) is 15.0. The van der Waals surface area contributed by atoms with E-state index in [0.717, 1.165) is 11.5 Å². The maximum atomic E-state index is 12.8. The Hall–Kier alpha value is -3.75. The van der Waals surface area contributed by atoms with Crippen molar-refractivity contribution in [3.63, 3.8) is 0 Å². The summed E-state index contributed by atoms with van der Waals surface area (Å²) in [6, 6.07) is 9.13. The number of nitro groups is 1. The molecule has 0 bridgehead atoms. The number of furan rings is 1. The Labute approximate surface area is 166 Å². The van der Waals surface area contributed by atoms with E-state index in [2.05, 4.69) is 5.32 Å². The molecule has 0 fully saturated rings. The van der Waals surface area contributed by atoms with Crippen molar-refractivity contribution < 1.29 is 28.3 Å². The van der Waals surface area contributed by atoms with E-state index in [4.69, 9.17) is 18.6 Å². The first-order valence-electron chi connectivity index (χ1n) is 8.67. The van der Waals surface area contributed by atoms with Crippen LogP contribution in [0.2, 0.25) is 0 Å². The minimum atomic E-state index is -0.645. The molecule has 1 atom stereocenters. The Balaban J connectivity index is 1.92. The van der Waals surface area contributed by atoms with Gasteiger partial charge in [0.15, 0.2) is 22.8 Å². The molecule has 1 amide bonds. The van der Waals surface area contributed by atoms with Crippen LogP contribution in [0, 0.1) is 10.1 Å². The minimum Gasteiger partial charge on any atom is -0.493 e. The van der Waals surface area contributed by atoms with Gasteiger partial charge in [-0.25, -0.2) is 0 Å². The van der Waals surface area contributed by atoms with Gasteiger partial charge < -0.3 is 23.9 Å². The maximum absolute atomic E-state index is 12.8. The smallest absolute Gasteiger partial charge is 0.286 e. The predicted molar refractivity (Wildman–Crippen MR) is 105 cm³/mol. The van der Waals surface area contributed by atoms with Gasteiger partial charge in [-0.05, 0) is 19.1 Å². The fourth-order valence-electron chi connectivity index (χ4n) is 2.98. The molecule has 2 aromatic carbocycles. The summed E-state index contributed by atoms with van der Waals surface area (Å²) >= 11 is 0. The Kier molecular flexibility index (Phi) is 5.58. The third kappa shape index (κ3) is 3.79. The molecule has 0 aliphatic heterocycles. The van der Waals surface area contributed by atoms with E-state index in [1.165, 1.54) is 20.3 Å². The standard InChI is InChI=1S/C20H20N2O7/c1-11(16-8-12-6-5-7-15(26-2)19(12)29-16)21-20(23)13-9-17(27-3)18(28-4)10-14(13)22(24)25/h5-11H,1-4H3,(H,21,23). The maximum Gasteiger partial charge on any atom is 0.286 e. The van der Waals surface area contributed by atoms with Crippen LogP contribution in [0.3, 0.4) is 0 Å². The summed E-state index contributed by atoms with van der Waals surface area (Å²) in [5.74, 6) is 0.791. The lowest BCUT2D eigenvalue weighted by molar-refractivity contribution is -0.385. The Bertz CT molecular complexity index is 1070. The van der Waals surface area contributed by atoms with Gasteiger partial charge in [0.25, 0.3) is 11.6 Å². The highest BCUT2D eigenvalue weighted by Gasteiger charge is 2.26. The van der Waals surface area contributed by atoms with Crippen LogP contribution in [0.5, 0.6) is 17.2 Å². The molecule has 0 radical (unpaired) electrons. The van der Waals surface area contributed by atoms with E-state index in [1.807, 2.05) is 12.1 Å². The van der Waals surface area contributed by atoms with Crippen molar-refractivity contribution in [2.45, 2.75) is 13.0 Å². The monoisotopic (exact) mass is 400 g/mol. The van der Waals surface area contributed by atoms with Crippen LogP contribution >= 0.6 is 0 Å². The number of hydrogen-bond donors (Lipinski definition) is 1. The third-order valence-electron chi connectivity index (χ3n) is 4.46. The molecule has 0 saturated heterocycles. The quantitative estimate of drug-likeness (QED) is 0.473. The minimum absolute atomic E-state index is 0.145. The van der Waals surface area contributed by atoms with Crippen molar-refractivity contribution in [3.8, 4) is 17.2 Å². The van der Waals surface area contributed by atoms with Gasteiger partial charge in [0.2, 0.25) is 0 Å². The van der Waals surface area contributed by atoms with Crippen molar-refractivity contribution in [1.82, 2.24) is 5.32 Å². The Morgan fingerprint density at radius 3 is 2.34 bits per heavy atom. The van der Waals surface area contributed by atoms with E-state index in [0.29, 0.717) is 17.1 Å². The van der Waals surface area contributed by atoms with E-state index in [-0.39, 0.29) is 17.1 Å². The Morgan fingerprint density at radius 2 is 1.72 bits per heavy atom. The highest BCUT2D eigenvalue weighted by molar-refractivity contribution is 5.99. The molecule has 0 spiro atoms. The summed E-state index contributed by atoms with van der Waals surface area (Å²) in [7, 11) is 4.29. The largest absolute Gasteiger partial charge is 0.493 e. The summed E-state index contributed by atoms with van der Waals surface area (Å²) in [6.07, 6.45) is 0. The molecule has 1 N–H and O–H groups in total. The topological polar surface area (TPSA) is 113 Å². The molecule has 9 nitrogen and oxygen atoms in total. The highest BCUT2D eigenvalue weighted by Crippen LogP contribution is 2.35. The van der Waals surface area contributed by atoms with Gasteiger partial charge in [-0.3, -0.25) is 14.9 Å². The van der Waals surface area contributed by atoms with Gasteiger partial charge in [0, 0.05) is 11.5 Å². The lowest BCUT2D eigenvalue weighted by atomic mass is 10.1. The van der Waals surface area contributed by atoms with E-state index in [1.54, 1.807) is 26.2 Å². The number of rotatable bonds is 7. The number of nitro benzene ring substituents is 1. The van der Waals surface area contributed by atoms with Crippen LogP contribution in [-0.4, -0.2) is 32.2 Å². The number of carbonyl (C=O) groups excluding carboxylic acids is 1. The zero-order chi connectivity index (χ0) is 21.1. The average molecular weight is 400 g/mol. The Morgan fingerprint density at radius 1 is 1.07 bits per heavy atom. The number of hydrogen-bond acceptors (Lipinski definition) is 7. The molecule has 1 aromatic heterocycles. The summed E-state index contributed by atoms with van der Waals surface area (Å²) in [6.45, 7) is 1.72. The normalized spacial score (nSPS) is 11.7. The van der Waals surface area contributed by atoms with Crippen LogP contribution in [0.4, 0.5) is 5.69 Å². The first-order valence-corrected chi connectivity index (χ1v) is 8.67. The highest BCUT2D eigenvalue weighted by atomic mass is 16.6. The molecular weight excluding hydrogens is 380 g/mol. The molecule has 3 rings (SSSR count). The second kappa shape index (κ2) is 8.09. The molecule has 152 valence electrons. The van der Waals surface area contributed by atoms with Crippen molar-refractivity contribution in [2.75, 3.05) is 21.3 Å². The molecule has 0 aliphatic carbocycles. The van der Waals surface area contributed by atoms with Crippen molar-refractivity contribution in [3.05, 3.63) is 57.8 Å². The van der Waals surface area contributed by atoms with Gasteiger partial charge in [-0.1, -0.05) is 12.1 Å². The van der Waals surface area contributed by atoms with E-state index < -0.39 is 22.6 Å². The van der Waals surface area contributed by atoms with E-state index >= 15 is 0 Å². The number of benzene rings is 2. The van der Waals surface area contributed by atoms with Crippen molar-refractivity contribution in [2.24, 2.45) is 0 Å². The third-order valence-corrected chi connectivity index (χ3v) is 4.46. The molecule has 0 aliphatic rings. The van der Waals surface area contributed by atoms with Crippen LogP contribution < -0.4 is 19.5 Å². The zero-order valence-electron chi connectivity index (χ0n) is 16.3. The number of para-hydroxylation sites is 1. The van der Waals surface area contributed by atoms with Gasteiger partial charge in [-0.15, -0.1) is 0 Å². The molecule has 1 heterocycles. The van der Waals surface area contributed by atoms with Crippen LogP contribution in [0.25, 0.3) is 11.0 Å². The van der Waals surface area contributed by atoms with Crippen LogP contribution in [0.1, 0.15) is 29.1 Å². The number of methoxy groups -OCH3 is 3. The van der Waals surface area contributed by atoms with Crippen molar-refractivity contribution in [1.29, 1.82) is 0 Å². The summed E-state index contributed by atoms with van der Waals surface area (Å²) in [4.78, 5) is 23.6. The lowest BCUT2D eigenvalue weighted by Gasteiger charge is -2.13. The number of amides is 1. The number of nitrogens with zero attached hydrogens (tertiary/aromatic N) is 1. The van der Waals surface area contributed by atoms with Gasteiger partial charge in [0.1, 0.15) is 11.3 Å². The second-order valence-corrected chi connectivity index (χ2v) is 6.20. The lowest BCUT2D eigenvalue weighted by Crippen LogP contribution is -2.27. The number of nitrogens with one attached hydrogen (secondary N) is 1. The number of carbonyl (C=O) groups is 1. The van der Waals surface area contributed by atoms with Crippen LogP contribution in [0.15, 0.2) is 40.8 Å². The molecule has 3 aromatic rings. The summed E-state index contributed by atoms with van der Waals surface area (Å²) in [5.41, 5.74) is 0.0232. The molecular formula is C20H20N2O7. The summed E-state index contributed by atoms with van der Waals surface area (Å²) < 4.78 is 21.3. The van der Waals surface area contributed by atoms with Crippen LogP contribution in [-0.2, 0) is 0 Å². The fraction of sp³-hybridized carbons (Fsp3) is 0.250. The zero-order valence-corrected chi connectivity index (χ0v) is 16.3. The molecule has 29 heavy (non-hydrogen) atoms. The van der Waals surface area contributed by atoms with Crippen molar-refractivity contribution >= 4 is 22.6 Å². The van der Waals surface area contributed by atoms with Gasteiger partial charge >= 0.3 is 0 Å². The number of fused-ring (bicyclic) bond motifs is 1. The number of ether oxygens (including phenoxy) is 3. The van der Waals surface area contributed by atoms with Gasteiger partial charge in [-0.2, -0.15) is 0 Å². The second-order valence-electron chi connectivity index (χ2n) is 6.20. The fourth-order valence-corrected chi connectivity index (χ4v) is 2.98. The average Bonchev–Trinajstić information content (AvgIpc) is 3.17. The first-order chi connectivity index (χ1) is 13.9. The molecule has 9 heteroatoms. The molecule has 0 saturated carbocycles. The van der Waals surface area contributed by atoms with E-state index in [9.17, 15) is 14.9 Å².